The lowest BCUT2D eigenvalue weighted by atomic mass is 10.0. The van der Waals surface area contributed by atoms with Gasteiger partial charge in [0.2, 0.25) is 5.91 Å². The highest BCUT2D eigenvalue weighted by atomic mass is 35.5. The van der Waals surface area contributed by atoms with Crippen LogP contribution in [0.2, 0.25) is 5.02 Å². The molecule has 1 aliphatic rings. The quantitative estimate of drug-likeness (QED) is 0.113. The molecule has 1 saturated carbocycles. The smallest absolute Gasteiger partial charge is 0.368 e. The van der Waals surface area contributed by atoms with E-state index in [0.717, 1.165) is 12.1 Å². The van der Waals surface area contributed by atoms with Crippen molar-refractivity contribution in [2.75, 3.05) is 16.0 Å². The fourth-order valence-corrected chi connectivity index (χ4v) is 5.19. The van der Waals surface area contributed by atoms with E-state index < -0.39 is 81.1 Å². The van der Waals surface area contributed by atoms with Gasteiger partial charge in [0.15, 0.2) is 12.0 Å². The predicted molar refractivity (Wildman–Crippen MR) is 142 cm³/mol. The maximum atomic E-state index is 14.8. The summed E-state index contributed by atoms with van der Waals surface area (Å²) in [6, 6.07) is 6.97. The molecule has 1 unspecified atom stereocenters. The molecule has 0 saturated heterocycles. The Kier molecular flexibility index (Phi) is 9.08. The SMILES string of the molecule is O=C(Nc1cc(NC(=O)[C@H]2[C@H](c3ccc(F)c(C(F)(F)F)c3)C2(Cl)Cl)ccc1Cl)c1ccc(F)c(NC(O)C(F)F)c1F. The molecule has 17 heteroatoms. The van der Waals surface area contributed by atoms with Crippen LogP contribution < -0.4 is 16.0 Å². The fraction of sp³-hybridized carbons (Fsp3) is 0.231. The number of carbonyl (C=O) groups excluding carboxylic acids is 2. The summed E-state index contributed by atoms with van der Waals surface area (Å²) in [4.78, 5) is 25.7. The predicted octanol–water partition coefficient (Wildman–Crippen LogP) is 7.55. The van der Waals surface area contributed by atoms with Gasteiger partial charge >= 0.3 is 6.18 Å². The molecule has 0 spiro atoms. The lowest BCUT2D eigenvalue weighted by Crippen LogP contribution is -2.28. The van der Waals surface area contributed by atoms with Crippen molar-refractivity contribution in [2.24, 2.45) is 5.92 Å². The number of benzene rings is 3. The molecule has 0 aromatic heterocycles. The molecule has 0 radical (unpaired) electrons. The van der Waals surface area contributed by atoms with Crippen LogP contribution in [0.4, 0.5) is 52.2 Å². The third kappa shape index (κ3) is 6.77. The number of anilines is 3. The summed E-state index contributed by atoms with van der Waals surface area (Å²) >= 11 is 18.4. The number of aliphatic hydroxyl groups excluding tert-OH is 1. The lowest BCUT2D eigenvalue weighted by molar-refractivity contribution is -0.140. The first-order chi connectivity index (χ1) is 19.9. The van der Waals surface area contributed by atoms with Crippen molar-refractivity contribution in [2.45, 2.75) is 29.1 Å². The van der Waals surface area contributed by atoms with Gasteiger partial charge in [-0.2, -0.15) is 13.2 Å². The Hall–Kier alpha value is -3.33. The molecule has 4 rings (SSSR count). The molecule has 6 nitrogen and oxygen atoms in total. The topological polar surface area (TPSA) is 90.5 Å². The highest BCUT2D eigenvalue weighted by Crippen LogP contribution is 2.65. The second-order valence-electron chi connectivity index (χ2n) is 9.21. The number of rotatable bonds is 8. The van der Waals surface area contributed by atoms with E-state index in [1.807, 2.05) is 0 Å². The molecular formula is C26H16Cl3F8N3O3. The molecule has 3 aromatic rings. The van der Waals surface area contributed by atoms with Crippen molar-refractivity contribution in [1.29, 1.82) is 0 Å². The van der Waals surface area contributed by atoms with E-state index >= 15 is 0 Å². The first-order valence-electron chi connectivity index (χ1n) is 11.8. The summed E-state index contributed by atoms with van der Waals surface area (Å²) < 4.78 is 105. The minimum atomic E-state index is -5.01. The maximum Gasteiger partial charge on any atom is 0.419 e. The Labute approximate surface area is 251 Å². The van der Waals surface area contributed by atoms with E-state index in [0.29, 0.717) is 24.3 Å². The Morgan fingerprint density at radius 1 is 0.930 bits per heavy atom. The highest BCUT2D eigenvalue weighted by Gasteiger charge is 2.67. The second kappa shape index (κ2) is 12.0. The Bertz CT molecular complexity index is 1590. The molecule has 3 aromatic carbocycles. The minimum Gasteiger partial charge on any atom is -0.368 e. The van der Waals surface area contributed by atoms with Gasteiger partial charge in [0, 0.05) is 11.6 Å². The number of hydrogen-bond donors (Lipinski definition) is 4. The summed E-state index contributed by atoms with van der Waals surface area (Å²) in [7, 11) is 0. The molecule has 1 aliphatic carbocycles. The molecule has 2 amide bonds. The molecule has 0 aliphatic heterocycles. The number of aliphatic hydroxyl groups is 1. The van der Waals surface area contributed by atoms with Crippen LogP contribution in [0, 0.1) is 23.4 Å². The van der Waals surface area contributed by atoms with Gasteiger partial charge in [-0.05, 0) is 48.0 Å². The van der Waals surface area contributed by atoms with Crippen molar-refractivity contribution in [3.63, 3.8) is 0 Å². The zero-order chi connectivity index (χ0) is 32.0. The minimum absolute atomic E-state index is 0.0310. The number of carbonyl (C=O) groups is 2. The van der Waals surface area contributed by atoms with Gasteiger partial charge in [-0.15, -0.1) is 23.2 Å². The van der Waals surface area contributed by atoms with Gasteiger partial charge in [-0.3, -0.25) is 9.59 Å². The Balaban J connectivity index is 1.52. The summed E-state index contributed by atoms with van der Waals surface area (Å²) in [5, 5.41) is 15.2. The average molecular weight is 677 g/mol. The molecule has 1 fully saturated rings. The average Bonchev–Trinajstić information content (AvgIpc) is 3.49. The van der Waals surface area contributed by atoms with Crippen LogP contribution in [-0.4, -0.2) is 33.9 Å². The zero-order valence-corrected chi connectivity index (χ0v) is 23.1. The number of alkyl halides is 7. The molecule has 230 valence electrons. The molecule has 43 heavy (non-hydrogen) atoms. The summed E-state index contributed by atoms with van der Waals surface area (Å²) in [6.45, 7) is 0. The first kappa shape index (κ1) is 32.6. The van der Waals surface area contributed by atoms with Gasteiger partial charge < -0.3 is 21.1 Å². The highest BCUT2D eigenvalue weighted by molar-refractivity contribution is 6.53. The fourth-order valence-electron chi connectivity index (χ4n) is 4.20. The van der Waals surface area contributed by atoms with Crippen molar-refractivity contribution in [1.82, 2.24) is 0 Å². The van der Waals surface area contributed by atoms with E-state index in [9.17, 15) is 49.8 Å². The van der Waals surface area contributed by atoms with E-state index in [-0.39, 0.29) is 22.0 Å². The molecule has 4 N–H and O–H groups in total. The van der Waals surface area contributed by atoms with Crippen LogP contribution in [0.15, 0.2) is 48.5 Å². The molecular weight excluding hydrogens is 661 g/mol. The van der Waals surface area contributed by atoms with E-state index in [1.54, 1.807) is 0 Å². The summed E-state index contributed by atoms with van der Waals surface area (Å²) in [5.41, 5.74) is -3.97. The monoisotopic (exact) mass is 675 g/mol. The van der Waals surface area contributed by atoms with Gasteiger partial charge in [0.05, 0.1) is 27.8 Å². The van der Waals surface area contributed by atoms with Gasteiger partial charge in [0.1, 0.15) is 21.7 Å². The van der Waals surface area contributed by atoms with Crippen molar-refractivity contribution < 1.29 is 49.8 Å². The number of nitrogens with one attached hydrogen (secondary N) is 3. The number of halogens is 11. The van der Waals surface area contributed by atoms with Crippen LogP contribution in [0.5, 0.6) is 0 Å². The van der Waals surface area contributed by atoms with Gasteiger partial charge in [-0.25, -0.2) is 22.0 Å². The van der Waals surface area contributed by atoms with Crippen LogP contribution in [0.1, 0.15) is 27.4 Å². The van der Waals surface area contributed by atoms with E-state index in [4.69, 9.17) is 34.8 Å². The van der Waals surface area contributed by atoms with Crippen LogP contribution >= 0.6 is 34.8 Å². The van der Waals surface area contributed by atoms with E-state index in [2.05, 4.69) is 10.6 Å². The largest absolute Gasteiger partial charge is 0.419 e. The molecule has 3 atom stereocenters. The Morgan fingerprint density at radius 3 is 2.21 bits per heavy atom. The summed E-state index contributed by atoms with van der Waals surface area (Å²) in [6.07, 6.45) is -11.1. The van der Waals surface area contributed by atoms with Crippen LogP contribution in [0.25, 0.3) is 0 Å². The summed E-state index contributed by atoms with van der Waals surface area (Å²) in [5.74, 6) is -9.01. The lowest BCUT2D eigenvalue weighted by Gasteiger charge is -2.16. The molecule has 0 bridgehead atoms. The second-order valence-corrected chi connectivity index (χ2v) is 11.1. The van der Waals surface area contributed by atoms with Crippen molar-refractivity contribution in [3.05, 3.63) is 87.7 Å². The number of hydrogen-bond acceptors (Lipinski definition) is 4. The standard InChI is InChI=1S/C26H16Cl3F8N3O3/c27-13-4-2-10(8-16(13)39-22(41)11-3-6-15(31)20(19(11)32)40-24(43)21(33)34)38-23(42)18-17(25(18,28)29)9-1-5-14(30)12(7-9)26(35,36)37/h1-8,17-18,21,24,40,43H,(H,38,42)(H,39,41)/t17-,18+,24?/m0/s1. The first-order valence-corrected chi connectivity index (χ1v) is 12.9. The van der Waals surface area contributed by atoms with Gasteiger partial charge in [-0.1, -0.05) is 17.7 Å². The van der Waals surface area contributed by atoms with Crippen molar-refractivity contribution in [3.8, 4) is 0 Å². The van der Waals surface area contributed by atoms with E-state index in [1.165, 1.54) is 17.4 Å². The molecule has 0 heterocycles. The van der Waals surface area contributed by atoms with Crippen molar-refractivity contribution >= 4 is 63.7 Å². The van der Waals surface area contributed by atoms with Crippen LogP contribution in [0.3, 0.4) is 0 Å². The number of amides is 2. The normalized spacial score (nSPS) is 18.3. The zero-order valence-electron chi connectivity index (χ0n) is 20.8. The third-order valence-corrected chi connectivity index (χ3v) is 7.61. The maximum absolute atomic E-state index is 14.8. The Morgan fingerprint density at radius 2 is 1.58 bits per heavy atom. The third-order valence-electron chi connectivity index (χ3n) is 6.34. The van der Waals surface area contributed by atoms with Crippen LogP contribution in [-0.2, 0) is 11.0 Å². The van der Waals surface area contributed by atoms with Gasteiger partial charge in [0.25, 0.3) is 12.3 Å².